The van der Waals surface area contributed by atoms with Crippen LogP contribution in [0.25, 0.3) is 33.5 Å². The highest BCUT2D eigenvalue weighted by molar-refractivity contribution is 5.98. The Balaban J connectivity index is 1.45. The Bertz CT molecular complexity index is 1680. The summed E-state index contributed by atoms with van der Waals surface area (Å²) in [6.45, 7) is 7.50. The fraction of sp³-hybridized carbons (Fsp3) is 0.156. The molecular weight excluding hydrogens is 488 g/mol. The average Bonchev–Trinajstić information content (AvgIpc) is 2.93. The summed E-state index contributed by atoms with van der Waals surface area (Å²) in [5.74, 6) is -0.693. The lowest BCUT2D eigenvalue weighted by molar-refractivity contribution is -0.123. The van der Waals surface area contributed by atoms with E-state index in [1.165, 1.54) is 6.92 Å². The van der Waals surface area contributed by atoms with Crippen LogP contribution in [0.3, 0.4) is 0 Å². The van der Waals surface area contributed by atoms with Gasteiger partial charge in [0.1, 0.15) is 5.82 Å². The Morgan fingerprint density at radius 2 is 1.31 bits per heavy atom. The second-order valence-corrected chi connectivity index (χ2v) is 9.61. The summed E-state index contributed by atoms with van der Waals surface area (Å²) in [5.41, 5.74) is 8.10. The van der Waals surface area contributed by atoms with E-state index in [1.807, 2.05) is 75.4 Å². The van der Waals surface area contributed by atoms with E-state index < -0.39 is 18.0 Å². The molecule has 5 rings (SSSR count). The number of anilines is 1. The van der Waals surface area contributed by atoms with Crippen molar-refractivity contribution >= 4 is 28.7 Å². The number of ether oxygens (including phenoxy) is 1. The van der Waals surface area contributed by atoms with Crippen LogP contribution in [0.5, 0.6) is 0 Å². The number of amides is 1. The number of nitrogens with one attached hydrogen (secondary N) is 1. The molecule has 0 radical (unpaired) electrons. The van der Waals surface area contributed by atoms with E-state index in [0.29, 0.717) is 16.9 Å². The minimum atomic E-state index is -1.02. The minimum absolute atomic E-state index is 0.281. The molecule has 0 fully saturated rings. The number of benzene rings is 3. The number of pyridine rings is 1. The minimum Gasteiger partial charge on any atom is -0.449 e. The second kappa shape index (κ2) is 10.8. The van der Waals surface area contributed by atoms with Gasteiger partial charge < -0.3 is 10.1 Å². The number of fused-ring (bicyclic) bond motifs is 1. The average molecular weight is 517 g/mol. The molecule has 1 amide bonds. The summed E-state index contributed by atoms with van der Waals surface area (Å²) in [5, 5.41) is 2.67. The van der Waals surface area contributed by atoms with Crippen LogP contribution < -0.4 is 5.32 Å². The molecule has 2 heterocycles. The van der Waals surface area contributed by atoms with Crippen molar-refractivity contribution in [3.63, 3.8) is 0 Å². The lowest BCUT2D eigenvalue weighted by Crippen LogP contribution is -2.30. The van der Waals surface area contributed by atoms with E-state index in [4.69, 9.17) is 14.7 Å². The number of nitrogens with zero attached hydrogens (tertiary/aromatic N) is 3. The van der Waals surface area contributed by atoms with E-state index in [0.717, 1.165) is 39.2 Å². The molecule has 1 N–H and O–H groups in total. The summed E-state index contributed by atoms with van der Waals surface area (Å²) in [7, 11) is 0. The molecule has 39 heavy (non-hydrogen) atoms. The van der Waals surface area contributed by atoms with Crippen molar-refractivity contribution in [3.8, 4) is 22.5 Å². The summed E-state index contributed by atoms with van der Waals surface area (Å²) in [6, 6.07) is 24.9. The number of esters is 1. The fourth-order valence-corrected chi connectivity index (χ4v) is 4.12. The van der Waals surface area contributed by atoms with E-state index in [9.17, 15) is 9.59 Å². The van der Waals surface area contributed by atoms with Gasteiger partial charge in [0.15, 0.2) is 6.10 Å². The third kappa shape index (κ3) is 5.83. The third-order valence-electron chi connectivity index (χ3n) is 6.37. The summed E-state index contributed by atoms with van der Waals surface area (Å²) < 4.78 is 5.45. The van der Waals surface area contributed by atoms with Crippen LogP contribution in [0.15, 0.2) is 85.1 Å². The van der Waals surface area contributed by atoms with E-state index in [2.05, 4.69) is 10.3 Å². The van der Waals surface area contributed by atoms with Gasteiger partial charge in [0.25, 0.3) is 5.91 Å². The van der Waals surface area contributed by atoms with Crippen LogP contribution in [0.4, 0.5) is 5.82 Å². The standard InChI is InChI=1S/C32H28N4O3/c1-19-5-9-23(10-6-19)29-30(24-11-7-20(2)8-12-24)35-27-18-25(13-14-26(27)34-29)32(38)39-22(4)31(37)36-28-17-21(3)15-16-33-28/h5-18,22H,1-4H3,(H,33,36,37). The van der Waals surface area contributed by atoms with Crippen molar-refractivity contribution in [2.24, 2.45) is 0 Å². The number of rotatable bonds is 6. The van der Waals surface area contributed by atoms with Crippen molar-refractivity contribution < 1.29 is 14.3 Å². The largest absolute Gasteiger partial charge is 0.449 e. The highest BCUT2D eigenvalue weighted by Gasteiger charge is 2.21. The van der Waals surface area contributed by atoms with Crippen molar-refractivity contribution in [3.05, 3.63) is 107 Å². The molecule has 0 saturated carbocycles. The molecular formula is C32H28N4O3. The molecule has 5 aromatic rings. The van der Waals surface area contributed by atoms with Gasteiger partial charge in [-0.05, 0) is 63.6 Å². The van der Waals surface area contributed by atoms with Crippen molar-refractivity contribution in [2.45, 2.75) is 33.8 Å². The first kappa shape index (κ1) is 25.7. The van der Waals surface area contributed by atoms with Gasteiger partial charge in [0, 0.05) is 17.3 Å². The number of carbonyl (C=O) groups is 2. The lowest BCUT2D eigenvalue weighted by Gasteiger charge is -2.14. The molecule has 0 aliphatic rings. The van der Waals surface area contributed by atoms with Crippen LogP contribution in [0.1, 0.15) is 34.0 Å². The summed E-state index contributed by atoms with van der Waals surface area (Å²) >= 11 is 0. The number of hydrogen-bond donors (Lipinski definition) is 1. The van der Waals surface area contributed by atoms with Gasteiger partial charge in [-0.1, -0.05) is 59.7 Å². The van der Waals surface area contributed by atoms with Gasteiger partial charge in [0.05, 0.1) is 28.0 Å². The maximum absolute atomic E-state index is 13.0. The van der Waals surface area contributed by atoms with E-state index in [-0.39, 0.29) is 5.56 Å². The molecule has 0 bridgehead atoms. The number of aromatic nitrogens is 3. The number of carbonyl (C=O) groups excluding carboxylic acids is 2. The molecule has 7 nitrogen and oxygen atoms in total. The first-order chi connectivity index (χ1) is 18.8. The van der Waals surface area contributed by atoms with E-state index in [1.54, 1.807) is 30.5 Å². The Morgan fingerprint density at radius 1 is 0.718 bits per heavy atom. The van der Waals surface area contributed by atoms with Crippen molar-refractivity contribution in [1.29, 1.82) is 0 Å². The van der Waals surface area contributed by atoms with Gasteiger partial charge in [0.2, 0.25) is 0 Å². The van der Waals surface area contributed by atoms with Crippen LogP contribution in [0, 0.1) is 20.8 Å². The molecule has 0 saturated heterocycles. The smallest absolute Gasteiger partial charge is 0.338 e. The Labute approximate surface area is 226 Å². The Kier molecular flexibility index (Phi) is 7.14. The maximum Gasteiger partial charge on any atom is 0.338 e. The monoisotopic (exact) mass is 516 g/mol. The molecule has 1 unspecified atom stereocenters. The Hall–Kier alpha value is -4.91. The molecule has 1 atom stereocenters. The van der Waals surface area contributed by atoms with Gasteiger partial charge >= 0.3 is 5.97 Å². The van der Waals surface area contributed by atoms with Crippen LogP contribution in [-0.4, -0.2) is 32.9 Å². The SMILES string of the molecule is Cc1ccc(-c2nc3ccc(C(=O)OC(C)C(=O)Nc4cc(C)ccn4)cc3nc2-c2ccc(C)cc2)cc1. The van der Waals surface area contributed by atoms with Crippen LogP contribution in [-0.2, 0) is 9.53 Å². The zero-order chi connectivity index (χ0) is 27.5. The predicted molar refractivity (Wildman–Crippen MR) is 152 cm³/mol. The van der Waals surface area contributed by atoms with Crippen molar-refractivity contribution in [1.82, 2.24) is 15.0 Å². The molecule has 7 heteroatoms. The summed E-state index contributed by atoms with van der Waals surface area (Å²) in [4.78, 5) is 39.5. The number of hydrogen-bond acceptors (Lipinski definition) is 6. The molecule has 0 spiro atoms. The van der Waals surface area contributed by atoms with Gasteiger partial charge in [-0.25, -0.2) is 19.7 Å². The zero-order valence-corrected chi connectivity index (χ0v) is 22.2. The quantitative estimate of drug-likeness (QED) is 0.260. The number of aryl methyl sites for hydroxylation is 3. The first-order valence-corrected chi connectivity index (χ1v) is 12.7. The normalized spacial score (nSPS) is 11.7. The highest BCUT2D eigenvalue weighted by atomic mass is 16.5. The third-order valence-corrected chi connectivity index (χ3v) is 6.37. The zero-order valence-electron chi connectivity index (χ0n) is 22.2. The molecule has 3 aromatic carbocycles. The first-order valence-electron chi connectivity index (χ1n) is 12.7. The van der Waals surface area contributed by atoms with Gasteiger partial charge in [-0.15, -0.1) is 0 Å². The highest BCUT2D eigenvalue weighted by Crippen LogP contribution is 2.31. The lowest BCUT2D eigenvalue weighted by atomic mass is 10.0. The molecule has 194 valence electrons. The maximum atomic E-state index is 13.0. The van der Waals surface area contributed by atoms with Crippen LogP contribution in [0.2, 0.25) is 0 Å². The second-order valence-electron chi connectivity index (χ2n) is 9.61. The van der Waals surface area contributed by atoms with Gasteiger partial charge in [-0.2, -0.15) is 0 Å². The fourth-order valence-electron chi connectivity index (χ4n) is 4.12. The van der Waals surface area contributed by atoms with E-state index >= 15 is 0 Å². The Morgan fingerprint density at radius 3 is 1.90 bits per heavy atom. The molecule has 2 aromatic heterocycles. The summed E-state index contributed by atoms with van der Waals surface area (Å²) in [6.07, 6.45) is 0.584. The van der Waals surface area contributed by atoms with Crippen LogP contribution >= 0.6 is 0 Å². The predicted octanol–water partition coefficient (Wildman–Crippen LogP) is 6.47. The molecule has 0 aliphatic carbocycles. The molecule has 0 aliphatic heterocycles. The van der Waals surface area contributed by atoms with Crippen molar-refractivity contribution in [2.75, 3.05) is 5.32 Å². The topological polar surface area (TPSA) is 94.1 Å². The van der Waals surface area contributed by atoms with Gasteiger partial charge in [-0.3, -0.25) is 4.79 Å².